The monoisotopic (exact) mass is 367 g/mol. The zero-order chi connectivity index (χ0) is 18.1. The molecule has 132 valence electrons. The molecule has 3 heterocycles. The molecule has 2 aromatic heterocycles. The van der Waals surface area contributed by atoms with Crippen molar-refractivity contribution in [1.82, 2.24) is 15.2 Å². The van der Waals surface area contributed by atoms with Crippen LogP contribution in [0.4, 0.5) is 0 Å². The van der Waals surface area contributed by atoms with Crippen molar-refractivity contribution in [2.75, 3.05) is 19.6 Å². The number of nitrogens with one attached hydrogen (secondary N) is 1. The maximum absolute atomic E-state index is 12.1. The van der Waals surface area contributed by atoms with Crippen LogP contribution in [0.1, 0.15) is 15.9 Å². The number of carbonyl (C=O) groups excluding carboxylic acids is 1. The second-order valence-corrected chi connectivity index (χ2v) is 6.99. The highest BCUT2D eigenvalue weighted by Crippen LogP contribution is 2.32. The first-order valence-corrected chi connectivity index (χ1v) is 9.24. The van der Waals surface area contributed by atoms with E-state index in [1.807, 2.05) is 39.9 Å². The van der Waals surface area contributed by atoms with Crippen LogP contribution in [0, 0.1) is 0 Å². The summed E-state index contributed by atoms with van der Waals surface area (Å²) in [6, 6.07) is 9.23. The van der Waals surface area contributed by atoms with Gasteiger partial charge < -0.3 is 10.4 Å². The van der Waals surface area contributed by atoms with Crippen LogP contribution in [0.15, 0.2) is 41.1 Å². The number of hydrogen-bond donors (Lipinski definition) is 2. The third kappa shape index (κ3) is 3.07. The van der Waals surface area contributed by atoms with Crippen LogP contribution in [0.5, 0.6) is 0 Å². The Morgan fingerprint density at radius 3 is 2.88 bits per heavy atom. The van der Waals surface area contributed by atoms with Crippen molar-refractivity contribution in [3.05, 3.63) is 52.2 Å². The number of nitrogens with zero attached hydrogens (tertiary/aromatic N) is 2. The van der Waals surface area contributed by atoms with Crippen LogP contribution in [-0.2, 0) is 11.3 Å². The molecule has 3 aromatic rings. The number of pyridine rings is 1. The van der Waals surface area contributed by atoms with E-state index in [0.717, 1.165) is 5.56 Å². The molecule has 0 aliphatic carbocycles. The Balaban J connectivity index is 1.92. The minimum absolute atomic E-state index is 0.0426. The van der Waals surface area contributed by atoms with Gasteiger partial charge >= 0.3 is 5.97 Å². The van der Waals surface area contributed by atoms with Crippen molar-refractivity contribution in [1.29, 1.82) is 0 Å². The van der Waals surface area contributed by atoms with Crippen molar-refractivity contribution in [3.63, 3.8) is 0 Å². The first-order chi connectivity index (χ1) is 12.6. The number of para-hydroxylation sites is 1. The maximum atomic E-state index is 12.1. The highest BCUT2D eigenvalue weighted by molar-refractivity contribution is 7.08. The quantitative estimate of drug-likeness (QED) is 0.741. The average molecular weight is 367 g/mol. The Bertz CT molecular complexity index is 985. The maximum Gasteiger partial charge on any atom is 0.336 e. The predicted molar refractivity (Wildman–Crippen MR) is 100 cm³/mol. The lowest BCUT2D eigenvalue weighted by atomic mass is 9.97. The molecule has 0 atom stereocenters. The van der Waals surface area contributed by atoms with Crippen LogP contribution < -0.4 is 5.32 Å². The number of fused-ring (bicyclic) bond motifs is 1. The van der Waals surface area contributed by atoms with E-state index in [2.05, 4.69) is 5.32 Å². The van der Waals surface area contributed by atoms with Gasteiger partial charge in [0.15, 0.2) is 0 Å². The van der Waals surface area contributed by atoms with Gasteiger partial charge in [0.05, 0.1) is 23.3 Å². The smallest absolute Gasteiger partial charge is 0.336 e. The third-order valence-corrected chi connectivity index (χ3v) is 5.18. The van der Waals surface area contributed by atoms with Gasteiger partial charge in [-0.1, -0.05) is 18.2 Å². The lowest BCUT2D eigenvalue weighted by molar-refractivity contribution is -0.124. The van der Waals surface area contributed by atoms with Gasteiger partial charge in [0.25, 0.3) is 0 Å². The van der Waals surface area contributed by atoms with Gasteiger partial charge in [-0.3, -0.25) is 9.69 Å². The Morgan fingerprint density at radius 1 is 1.31 bits per heavy atom. The van der Waals surface area contributed by atoms with Gasteiger partial charge in [0.1, 0.15) is 0 Å². The number of rotatable bonds is 4. The molecule has 4 rings (SSSR count). The van der Waals surface area contributed by atoms with Crippen LogP contribution in [-0.4, -0.2) is 46.5 Å². The van der Waals surface area contributed by atoms with E-state index >= 15 is 0 Å². The lowest BCUT2D eigenvalue weighted by Crippen LogP contribution is -2.47. The molecule has 7 heteroatoms. The fraction of sp³-hybridized carbons (Fsp3) is 0.211. The molecule has 0 unspecified atom stereocenters. The molecule has 0 spiro atoms. The van der Waals surface area contributed by atoms with Crippen molar-refractivity contribution >= 4 is 34.1 Å². The second-order valence-electron chi connectivity index (χ2n) is 6.21. The Labute approximate surface area is 154 Å². The molecule has 0 radical (unpaired) electrons. The molecule has 2 N–H and O–H groups in total. The predicted octanol–water partition coefficient (Wildman–Crippen LogP) is 2.59. The zero-order valence-electron chi connectivity index (χ0n) is 13.9. The highest BCUT2D eigenvalue weighted by atomic mass is 32.1. The molecule has 0 saturated carbocycles. The molecule has 6 nitrogen and oxygen atoms in total. The number of thiophene rings is 1. The van der Waals surface area contributed by atoms with Gasteiger partial charge in [0.2, 0.25) is 5.91 Å². The molecule has 1 aliphatic heterocycles. The highest BCUT2D eigenvalue weighted by Gasteiger charge is 2.25. The Hall–Kier alpha value is -2.77. The van der Waals surface area contributed by atoms with E-state index in [4.69, 9.17) is 4.98 Å². The number of aromatic carboxylic acids is 1. The van der Waals surface area contributed by atoms with Gasteiger partial charge in [-0.15, -0.1) is 0 Å². The normalized spacial score (nSPS) is 15.2. The number of carbonyl (C=O) groups is 2. The fourth-order valence-corrected chi connectivity index (χ4v) is 3.98. The SMILES string of the molecule is O=C1CN(Cc2c(-c3ccsc3)nc3ccccc3c2C(=O)O)CCN1. The number of carboxylic acids is 1. The molecule has 1 saturated heterocycles. The molecule has 1 amide bonds. The Morgan fingerprint density at radius 2 is 2.15 bits per heavy atom. The summed E-state index contributed by atoms with van der Waals surface area (Å²) in [5.41, 5.74) is 3.16. The summed E-state index contributed by atoms with van der Waals surface area (Å²) in [5, 5.41) is 17.3. The van der Waals surface area contributed by atoms with Gasteiger partial charge in [-0.05, 0) is 17.5 Å². The number of benzene rings is 1. The third-order valence-electron chi connectivity index (χ3n) is 4.50. The van der Waals surface area contributed by atoms with E-state index in [1.165, 1.54) is 0 Å². The fourth-order valence-electron chi connectivity index (χ4n) is 3.34. The lowest BCUT2D eigenvalue weighted by Gasteiger charge is -2.28. The standard InChI is InChI=1S/C19H17N3O3S/c23-16-10-22(7-6-20-16)9-14-17(19(24)25)13-3-1-2-4-15(13)21-18(14)12-5-8-26-11-12/h1-5,8,11H,6-7,9-10H2,(H,20,23)(H,24,25). The topological polar surface area (TPSA) is 82.5 Å². The number of hydrogen-bond acceptors (Lipinski definition) is 5. The van der Waals surface area contributed by atoms with Crippen molar-refractivity contribution in [3.8, 4) is 11.3 Å². The van der Waals surface area contributed by atoms with Crippen molar-refractivity contribution < 1.29 is 14.7 Å². The summed E-state index contributed by atoms with van der Waals surface area (Å²) in [6.45, 7) is 1.88. The van der Waals surface area contributed by atoms with Gasteiger partial charge in [-0.2, -0.15) is 11.3 Å². The molecule has 0 bridgehead atoms. The summed E-state index contributed by atoms with van der Waals surface area (Å²) >= 11 is 1.54. The van der Waals surface area contributed by atoms with Crippen LogP contribution >= 0.6 is 11.3 Å². The molecule has 26 heavy (non-hydrogen) atoms. The second kappa shape index (κ2) is 6.86. The van der Waals surface area contributed by atoms with Crippen LogP contribution in [0.25, 0.3) is 22.2 Å². The summed E-state index contributed by atoms with van der Waals surface area (Å²) in [5.74, 6) is -1.02. The number of carboxylic acid groups (broad SMARTS) is 1. The summed E-state index contributed by atoms with van der Waals surface area (Å²) in [7, 11) is 0. The summed E-state index contributed by atoms with van der Waals surface area (Å²) in [4.78, 5) is 30.6. The minimum Gasteiger partial charge on any atom is -0.478 e. The van der Waals surface area contributed by atoms with Crippen molar-refractivity contribution in [2.24, 2.45) is 0 Å². The van der Waals surface area contributed by atoms with Crippen LogP contribution in [0.2, 0.25) is 0 Å². The number of amides is 1. The average Bonchev–Trinajstić information content (AvgIpc) is 3.15. The number of piperazine rings is 1. The van der Waals surface area contributed by atoms with E-state index < -0.39 is 5.97 Å². The van der Waals surface area contributed by atoms with Crippen LogP contribution in [0.3, 0.4) is 0 Å². The summed E-state index contributed by atoms with van der Waals surface area (Å²) in [6.07, 6.45) is 0. The molecular formula is C19H17N3O3S. The zero-order valence-corrected chi connectivity index (χ0v) is 14.8. The first-order valence-electron chi connectivity index (χ1n) is 8.30. The van der Waals surface area contributed by atoms with Crippen molar-refractivity contribution in [2.45, 2.75) is 6.54 Å². The van der Waals surface area contributed by atoms with E-state index in [1.54, 1.807) is 17.4 Å². The van der Waals surface area contributed by atoms with Gasteiger partial charge in [-0.25, -0.2) is 9.78 Å². The molecule has 1 aromatic carbocycles. The molecular weight excluding hydrogens is 350 g/mol. The first kappa shape index (κ1) is 16.7. The number of aromatic nitrogens is 1. The molecule has 1 aliphatic rings. The Kier molecular flexibility index (Phi) is 4.40. The largest absolute Gasteiger partial charge is 0.478 e. The van der Waals surface area contributed by atoms with E-state index in [9.17, 15) is 14.7 Å². The minimum atomic E-state index is -0.975. The van der Waals surface area contributed by atoms with Gasteiger partial charge in [0, 0.05) is 41.5 Å². The van der Waals surface area contributed by atoms with E-state index in [-0.39, 0.29) is 18.0 Å². The summed E-state index contributed by atoms with van der Waals surface area (Å²) < 4.78 is 0. The molecule has 1 fully saturated rings. The van der Waals surface area contributed by atoms with E-state index in [0.29, 0.717) is 41.8 Å².